The van der Waals surface area contributed by atoms with Crippen LogP contribution in [0.5, 0.6) is 5.88 Å². The van der Waals surface area contributed by atoms with Gasteiger partial charge in [-0.25, -0.2) is 14.6 Å². The Morgan fingerprint density at radius 3 is 2.29 bits per heavy atom. The van der Waals surface area contributed by atoms with Gasteiger partial charge in [-0.1, -0.05) is 23.4 Å². The number of thiazole rings is 1. The lowest BCUT2D eigenvalue weighted by Gasteiger charge is -2.28. The first-order valence-electron chi connectivity index (χ1n) is 11.7. The van der Waals surface area contributed by atoms with Crippen molar-refractivity contribution in [2.24, 2.45) is 7.05 Å². The number of aromatic nitrogens is 5. The molecule has 0 aliphatic heterocycles. The molecule has 0 radical (unpaired) electrons. The molecule has 5 aromatic rings. The number of methoxy groups -OCH3 is 1. The third-order valence-electron chi connectivity index (χ3n) is 6.46. The van der Waals surface area contributed by atoms with Gasteiger partial charge in [0.25, 0.3) is 0 Å². The van der Waals surface area contributed by atoms with Crippen LogP contribution in [-0.2, 0) is 25.2 Å². The summed E-state index contributed by atoms with van der Waals surface area (Å²) < 4.78 is 46.0. The van der Waals surface area contributed by atoms with E-state index in [-0.39, 0.29) is 0 Å². The minimum absolute atomic E-state index is 0.317. The second-order valence-electron chi connectivity index (χ2n) is 9.04. The zero-order valence-electron chi connectivity index (χ0n) is 21.0. The molecule has 2 aromatic carbocycles. The molecule has 11 heteroatoms. The zero-order chi connectivity index (χ0) is 27.2. The molecule has 3 heterocycles. The van der Waals surface area contributed by atoms with Crippen LogP contribution in [0.4, 0.5) is 13.2 Å². The number of hydrogen-bond acceptors (Lipinski definition) is 7. The van der Waals surface area contributed by atoms with Gasteiger partial charge in [-0.05, 0) is 55.3 Å². The monoisotopic (exact) mass is 539 g/mol. The lowest BCUT2D eigenvalue weighted by Crippen LogP contribution is -2.31. The van der Waals surface area contributed by atoms with Crippen molar-refractivity contribution in [3.05, 3.63) is 98.3 Å². The second kappa shape index (κ2) is 9.48. The predicted molar refractivity (Wildman–Crippen MR) is 137 cm³/mol. The quantitative estimate of drug-likeness (QED) is 0.314. The third-order valence-corrected chi connectivity index (χ3v) is 7.64. The number of alkyl halides is 3. The molecule has 38 heavy (non-hydrogen) atoms. The Balaban J connectivity index is 1.62. The summed E-state index contributed by atoms with van der Waals surface area (Å²) in [6.45, 7) is 3.73. The van der Waals surface area contributed by atoms with Gasteiger partial charge in [-0.3, -0.25) is 0 Å². The van der Waals surface area contributed by atoms with E-state index < -0.39 is 17.3 Å². The van der Waals surface area contributed by atoms with Crippen LogP contribution in [-0.4, -0.2) is 37.2 Å². The number of aliphatic hydroxyl groups is 1. The highest BCUT2D eigenvalue weighted by atomic mass is 32.1. The number of nitrogens with zero attached hydrogens (tertiary/aromatic N) is 5. The molecule has 1 atom stereocenters. The fraction of sp³-hybridized carbons (Fsp3) is 0.259. The molecule has 0 bridgehead atoms. The highest BCUT2D eigenvalue weighted by Gasteiger charge is 2.40. The van der Waals surface area contributed by atoms with Crippen LogP contribution in [0, 0.1) is 13.8 Å². The highest BCUT2D eigenvalue weighted by Crippen LogP contribution is 2.42. The second-order valence-corrected chi connectivity index (χ2v) is 10.2. The van der Waals surface area contributed by atoms with E-state index in [9.17, 15) is 18.3 Å². The van der Waals surface area contributed by atoms with Gasteiger partial charge in [0.2, 0.25) is 5.88 Å². The Morgan fingerprint density at radius 1 is 1.00 bits per heavy atom. The van der Waals surface area contributed by atoms with Crippen LogP contribution in [0.15, 0.2) is 54.7 Å². The first-order valence-corrected chi connectivity index (χ1v) is 12.5. The smallest absolute Gasteiger partial charge is 0.416 e. The normalized spacial score (nSPS) is 13.6. The van der Waals surface area contributed by atoms with Crippen molar-refractivity contribution in [3.63, 3.8) is 0 Å². The standard InChI is InChI=1S/C27H24F3N5O2S/c1-15-24(38-16(2)32-15)26(36,23-14-31-34-35(23)3)21-9-10-22-18(13-21)12-19(25(33-22)37-4)11-17-5-7-20(8-6-17)27(28,29)30/h5-10,12-14,36H,11H2,1-4H3. The zero-order valence-corrected chi connectivity index (χ0v) is 21.9. The summed E-state index contributed by atoms with van der Waals surface area (Å²) in [4.78, 5) is 9.80. The van der Waals surface area contributed by atoms with E-state index in [0.29, 0.717) is 50.8 Å². The lowest BCUT2D eigenvalue weighted by atomic mass is 9.87. The predicted octanol–water partition coefficient (Wildman–Crippen LogP) is 5.34. The van der Waals surface area contributed by atoms with Gasteiger partial charge < -0.3 is 9.84 Å². The van der Waals surface area contributed by atoms with E-state index in [4.69, 9.17) is 4.74 Å². The SMILES string of the molecule is COc1nc2ccc(C(O)(c3sc(C)nc3C)c3cnnn3C)cc2cc1Cc1ccc(C(F)(F)F)cc1. The number of pyridine rings is 1. The first-order chi connectivity index (χ1) is 18.0. The minimum atomic E-state index is -4.40. The molecule has 0 fully saturated rings. The van der Waals surface area contributed by atoms with Gasteiger partial charge in [0.15, 0.2) is 5.60 Å². The molecule has 0 spiro atoms. The number of ether oxygens (including phenoxy) is 1. The van der Waals surface area contributed by atoms with Crippen LogP contribution in [0.3, 0.4) is 0 Å². The Kier molecular flexibility index (Phi) is 6.44. The fourth-order valence-corrected chi connectivity index (χ4v) is 5.68. The van der Waals surface area contributed by atoms with Crippen molar-refractivity contribution >= 4 is 22.2 Å². The molecule has 0 saturated heterocycles. The summed E-state index contributed by atoms with van der Waals surface area (Å²) in [5, 5.41) is 21.8. The number of fused-ring (bicyclic) bond motifs is 1. The molecular weight excluding hydrogens is 515 g/mol. The highest BCUT2D eigenvalue weighted by molar-refractivity contribution is 7.11. The van der Waals surface area contributed by atoms with E-state index in [1.165, 1.54) is 41.5 Å². The Hall–Kier alpha value is -3.83. The maximum absolute atomic E-state index is 13.0. The van der Waals surface area contributed by atoms with Crippen LogP contribution in [0.1, 0.15) is 43.5 Å². The molecule has 1 N–H and O–H groups in total. The van der Waals surface area contributed by atoms with E-state index in [1.54, 1.807) is 19.2 Å². The van der Waals surface area contributed by atoms with Crippen LogP contribution in [0.25, 0.3) is 10.9 Å². The molecule has 3 aromatic heterocycles. The maximum atomic E-state index is 13.0. The number of benzene rings is 2. The summed E-state index contributed by atoms with van der Waals surface area (Å²) in [7, 11) is 3.22. The number of rotatable bonds is 6. The summed E-state index contributed by atoms with van der Waals surface area (Å²) in [5.41, 5.74) is 1.51. The average Bonchev–Trinajstić information content (AvgIpc) is 3.47. The first kappa shape index (κ1) is 25.8. The van der Waals surface area contributed by atoms with E-state index in [1.807, 2.05) is 26.0 Å². The maximum Gasteiger partial charge on any atom is 0.416 e. The molecule has 7 nitrogen and oxygen atoms in total. The molecule has 0 aliphatic carbocycles. The molecule has 0 saturated carbocycles. The van der Waals surface area contributed by atoms with Gasteiger partial charge in [0, 0.05) is 24.4 Å². The van der Waals surface area contributed by atoms with Crippen molar-refractivity contribution in [2.45, 2.75) is 32.0 Å². The van der Waals surface area contributed by atoms with E-state index in [2.05, 4.69) is 20.3 Å². The topological polar surface area (TPSA) is 85.9 Å². The Labute approximate surface area is 220 Å². The largest absolute Gasteiger partial charge is 0.481 e. The minimum Gasteiger partial charge on any atom is -0.481 e. The van der Waals surface area contributed by atoms with Crippen LogP contribution < -0.4 is 4.74 Å². The van der Waals surface area contributed by atoms with Crippen molar-refractivity contribution in [1.82, 2.24) is 25.0 Å². The molecule has 0 aliphatic rings. The molecule has 1 unspecified atom stereocenters. The lowest BCUT2D eigenvalue weighted by molar-refractivity contribution is -0.137. The van der Waals surface area contributed by atoms with E-state index >= 15 is 0 Å². The van der Waals surface area contributed by atoms with Gasteiger partial charge in [0.1, 0.15) is 5.69 Å². The fourth-order valence-electron chi connectivity index (χ4n) is 4.64. The number of halogens is 3. The molecule has 196 valence electrons. The van der Waals surface area contributed by atoms with Gasteiger partial charge in [0.05, 0.1) is 40.0 Å². The summed E-state index contributed by atoms with van der Waals surface area (Å²) >= 11 is 1.40. The molecule has 5 rings (SSSR count). The molecular formula is C27H24F3N5O2S. The van der Waals surface area contributed by atoms with Crippen molar-refractivity contribution in [3.8, 4) is 5.88 Å². The van der Waals surface area contributed by atoms with Crippen LogP contribution >= 0.6 is 11.3 Å². The summed E-state index contributed by atoms with van der Waals surface area (Å²) in [6.07, 6.45) is -2.55. The van der Waals surface area contributed by atoms with Crippen molar-refractivity contribution < 1.29 is 23.0 Å². The third kappa shape index (κ3) is 4.52. The Morgan fingerprint density at radius 2 is 1.71 bits per heavy atom. The van der Waals surface area contributed by atoms with E-state index in [0.717, 1.165) is 22.5 Å². The Bertz CT molecular complexity index is 1630. The molecule has 0 amide bonds. The average molecular weight is 540 g/mol. The van der Waals surface area contributed by atoms with Crippen LogP contribution in [0.2, 0.25) is 0 Å². The van der Waals surface area contributed by atoms with Crippen molar-refractivity contribution in [1.29, 1.82) is 0 Å². The van der Waals surface area contributed by atoms with Gasteiger partial charge >= 0.3 is 6.18 Å². The number of hydrogen-bond donors (Lipinski definition) is 1. The number of aryl methyl sites for hydroxylation is 3. The summed E-state index contributed by atoms with van der Waals surface area (Å²) in [5.74, 6) is 0.380. The summed E-state index contributed by atoms with van der Waals surface area (Å²) in [6, 6.07) is 12.4. The van der Waals surface area contributed by atoms with Gasteiger partial charge in [-0.15, -0.1) is 16.4 Å². The van der Waals surface area contributed by atoms with Gasteiger partial charge in [-0.2, -0.15) is 13.2 Å². The van der Waals surface area contributed by atoms with Crippen molar-refractivity contribution in [2.75, 3.05) is 7.11 Å².